The summed E-state index contributed by atoms with van der Waals surface area (Å²) in [6.07, 6.45) is 1.35. The topological polar surface area (TPSA) is 83.2 Å². The maximum absolute atomic E-state index is 13.5. The number of rotatable bonds is 6. The van der Waals surface area contributed by atoms with Crippen molar-refractivity contribution in [2.24, 2.45) is 0 Å². The van der Waals surface area contributed by atoms with Crippen LogP contribution in [0.2, 0.25) is 0 Å². The van der Waals surface area contributed by atoms with Gasteiger partial charge in [0.05, 0.1) is 31.1 Å². The SMILES string of the molecule is O=C(C1=C(O)C(=O)N(CCN2CCOCC2)[C@@H]1c1ccc(F)cc1)c1ccco1. The number of hydrogen-bond acceptors (Lipinski definition) is 6. The van der Waals surface area contributed by atoms with Gasteiger partial charge in [-0.2, -0.15) is 0 Å². The molecule has 1 saturated heterocycles. The second-order valence-electron chi connectivity index (χ2n) is 6.98. The van der Waals surface area contributed by atoms with Crippen LogP contribution in [0.1, 0.15) is 22.2 Å². The molecule has 4 rings (SSSR count). The number of halogens is 1. The van der Waals surface area contributed by atoms with E-state index in [0.29, 0.717) is 31.9 Å². The first-order valence-corrected chi connectivity index (χ1v) is 9.44. The Labute approximate surface area is 167 Å². The van der Waals surface area contributed by atoms with Crippen molar-refractivity contribution < 1.29 is 28.2 Å². The maximum atomic E-state index is 13.5. The van der Waals surface area contributed by atoms with Crippen molar-refractivity contribution in [3.63, 3.8) is 0 Å². The van der Waals surface area contributed by atoms with Crippen LogP contribution in [-0.2, 0) is 9.53 Å². The van der Waals surface area contributed by atoms with Gasteiger partial charge in [-0.25, -0.2) is 4.39 Å². The highest BCUT2D eigenvalue weighted by molar-refractivity contribution is 6.15. The minimum absolute atomic E-state index is 0.0292. The van der Waals surface area contributed by atoms with Crippen molar-refractivity contribution in [3.8, 4) is 0 Å². The summed E-state index contributed by atoms with van der Waals surface area (Å²) in [5.41, 5.74) is 0.485. The van der Waals surface area contributed by atoms with Crippen LogP contribution in [-0.4, -0.2) is 66.0 Å². The predicted octanol–water partition coefficient (Wildman–Crippen LogP) is 2.33. The zero-order chi connectivity index (χ0) is 20.4. The zero-order valence-corrected chi connectivity index (χ0v) is 15.7. The van der Waals surface area contributed by atoms with Gasteiger partial charge in [0.1, 0.15) is 5.82 Å². The molecule has 1 aromatic heterocycles. The van der Waals surface area contributed by atoms with E-state index in [4.69, 9.17) is 9.15 Å². The van der Waals surface area contributed by atoms with E-state index < -0.39 is 29.3 Å². The summed E-state index contributed by atoms with van der Waals surface area (Å²) in [5.74, 6) is -2.18. The number of ether oxygens (including phenoxy) is 1. The van der Waals surface area contributed by atoms with E-state index in [1.165, 1.54) is 41.5 Å². The molecule has 0 bridgehead atoms. The highest BCUT2D eigenvalue weighted by Gasteiger charge is 2.44. The van der Waals surface area contributed by atoms with Gasteiger partial charge in [0.2, 0.25) is 5.78 Å². The first-order valence-electron chi connectivity index (χ1n) is 9.44. The van der Waals surface area contributed by atoms with Crippen molar-refractivity contribution in [1.29, 1.82) is 0 Å². The normalized spacial score (nSPS) is 20.5. The largest absolute Gasteiger partial charge is 0.503 e. The molecule has 0 saturated carbocycles. The van der Waals surface area contributed by atoms with Gasteiger partial charge < -0.3 is 19.2 Å². The summed E-state index contributed by atoms with van der Waals surface area (Å²) in [6, 6.07) is 7.79. The smallest absolute Gasteiger partial charge is 0.290 e. The van der Waals surface area contributed by atoms with Gasteiger partial charge in [-0.1, -0.05) is 12.1 Å². The average molecular weight is 400 g/mol. The molecule has 0 unspecified atom stereocenters. The molecule has 2 aromatic rings. The Kier molecular flexibility index (Phi) is 5.46. The van der Waals surface area contributed by atoms with Crippen molar-refractivity contribution in [2.75, 3.05) is 39.4 Å². The lowest BCUT2D eigenvalue weighted by Crippen LogP contribution is -2.43. The molecular weight excluding hydrogens is 379 g/mol. The van der Waals surface area contributed by atoms with Gasteiger partial charge in [0.25, 0.3) is 5.91 Å². The Morgan fingerprint density at radius 3 is 2.52 bits per heavy atom. The first kappa shape index (κ1) is 19.4. The molecule has 0 spiro atoms. The van der Waals surface area contributed by atoms with E-state index >= 15 is 0 Å². The van der Waals surface area contributed by atoms with Crippen LogP contribution in [0.3, 0.4) is 0 Å². The van der Waals surface area contributed by atoms with Crippen molar-refractivity contribution in [1.82, 2.24) is 9.80 Å². The molecule has 1 amide bonds. The van der Waals surface area contributed by atoms with Gasteiger partial charge in [0, 0.05) is 26.2 Å². The maximum Gasteiger partial charge on any atom is 0.290 e. The molecule has 2 aliphatic heterocycles. The summed E-state index contributed by atoms with van der Waals surface area (Å²) in [5, 5.41) is 10.5. The van der Waals surface area contributed by atoms with E-state index in [1.54, 1.807) is 6.07 Å². The summed E-state index contributed by atoms with van der Waals surface area (Å²) < 4.78 is 24.0. The highest BCUT2D eigenvalue weighted by Crippen LogP contribution is 2.38. The summed E-state index contributed by atoms with van der Waals surface area (Å²) in [6.45, 7) is 3.63. The molecule has 0 radical (unpaired) electrons. The number of ketones is 1. The molecule has 2 aliphatic rings. The summed E-state index contributed by atoms with van der Waals surface area (Å²) >= 11 is 0. The van der Waals surface area contributed by atoms with Gasteiger partial charge in [0.15, 0.2) is 11.5 Å². The second kappa shape index (κ2) is 8.18. The van der Waals surface area contributed by atoms with Crippen LogP contribution in [0, 0.1) is 5.82 Å². The third-order valence-electron chi connectivity index (χ3n) is 5.24. The monoisotopic (exact) mass is 400 g/mol. The number of nitrogens with zero attached hydrogens (tertiary/aromatic N) is 2. The van der Waals surface area contributed by atoms with Gasteiger partial charge in [-0.15, -0.1) is 0 Å². The molecule has 0 aliphatic carbocycles. The predicted molar refractivity (Wildman–Crippen MR) is 101 cm³/mol. The van der Waals surface area contributed by atoms with E-state index in [9.17, 15) is 19.1 Å². The van der Waals surface area contributed by atoms with E-state index in [1.807, 2.05) is 0 Å². The molecular formula is C21H21FN2O5. The number of benzene rings is 1. The number of furan rings is 1. The lowest BCUT2D eigenvalue weighted by Gasteiger charge is -2.31. The molecule has 1 atom stereocenters. The number of Topliss-reactive ketones (excluding diaryl/α,β-unsaturated/α-hetero) is 1. The fraction of sp³-hybridized carbons (Fsp3) is 0.333. The Morgan fingerprint density at radius 1 is 1.14 bits per heavy atom. The minimum atomic E-state index is -0.818. The lowest BCUT2D eigenvalue weighted by atomic mass is 9.95. The Hall–Kier alpha value is -2.97. The van der Waals surface area contributed by atoms with Crippen LogP contribution in [0.4, 0.5) is 4.39 Å². The lowest BCUT2D eigenvalue weighted by molar-refractivity contribution is -0.129. The third-order valence-corrected chi connectivity index (χ3v) is 5.24. The molecule has 152 valence electrons. The van der Waals surface area contributed by atoms with Crippen molar-refractivity contribution in [3.05, 3.63) is 71.1 Å². The number of aliphatic hydroxyl groups excluding tert-OH is 1. The highest BCUT2D eigenvalue weighted by atomic mass is 19.1. The minimum Gasteiger partial charge on any atom is -0.503 e. The number of hydrogen-bond donors (Lipinski definition) is 1. The third kappa shape index (κ3) is 3.81. The summed E-state index contributed by atoms with van der Waals surface area (Å²) in [4.78, 5) is 29.4. The molecule has 7 nitrogen and oxygen atoms in total. The Balaban J connectivity index is 1.66. The van der Waals surface area contributed by atoms with E-state index in [-0.39, 0.29) is 11.3 Å². The summed E-state index contributed by atoms with van der Waals surface area (Å²) in [7, 11) is 0. The van der Waals surface area contributed by atoms with Crippen molar-refractivity contribution >= 4 is 11.7 Å². The molecule has 29 heavy (non-hydrogen) atoms. The quantitative estimate of drug-likeness (QED) is 0.750. The van der Waals surface area contributed by atoms with Crippen LogP contribution in [0.25, 0.3) is 0 Å². The fourth-order valence-electron chi connectivity index (χ4n) is 3.72. The molecule has 8 heteroatoms. The second-order valence-corrected chi connectivity index (χ2v) is 6.98. The van der Waals surface area contributed by atoms with Gasteiger partial charge in [-0.3, -0.25) is 14.5 Å². The first-order chi connectivity index (χ1) is 14.1. The number of morpholine rings is 1. The number of carbonyl (C=O) groups excluding carboxylic acids is 2. The fourth-order valence-corrected chi connectivity index (χ4v) is 3.72. The van der Waals surface area contributed by atoms with Gasteiger partial charge >= 0.3 is 0 Å². The molecule has 1 N–H and O–H groups in total. The average Bonchev–Trinajstić information content (AvgIpc) is 3.36. The number of amides is 1. The van der Waals surface area contributed by atoms with Crippen LogP contribution >= 0.6 is 0 Å². The van der Waals surface area contributed by atoms with Crippen molar-refractivity contribution in [2.45, 2.75) is 6.04 Å². The molecule has 3 heterocycles. The number of aliphatic hydroxyl groups is 1. The number of carbonyl (C=O) groups is 2. The van der Waals surface area contributed by atoms with Crippen LogP contribution < -0.4 is 0 Å². The Bertz CT molecular complexity index is 917. The Morgan fingerprint density at radius 2 is 1.86 bits per heavy atom. The van der Waals surface area contributed by atoms with Gasteiger partial charge in [-0.05, 0) is 29.8 Å². The zero-order valence-electron chi connectivity index (χ0n) is 15.7. The standard InChI is InChI=1S/C21H21FN2O5/c22-15-5-3-14(4-6-15)18-17(19(25)16-2-1-11-29-16)20(26)21(27)24(18)8-7-23-9-12-28-13-10-23/h1-6,11,18,26H,7-10,12-13H2/t18-/m1/s1. The molecule has 1 fully saturated rings. The van der Waals surface area contributed by atoms with E-state index in [0.717, 1.165) is 13.1 Å². The van der Waals surface area contributed by atoms with E-state index in [2.05, 4.69) is 4.90 Å². The van der Waals surface area contributed by atoms with Crippen LogP contribution in [0.5, 0.6) is 0 Å². The molecule has 1 aromatic carbocycles. The van der Waals surface area contributed by atoms with Crippen LogP contribution in [0.15, 0.2) is 58.4 Å².